The van der Waals surface area contributed by atoms with Gasteiger partial charge in [-0.15, -0.1) is 0 Å². The lowest BCUT2D eigenvalue weighted by molar-refractivity contribution is 0.435. The second-order valence-corrected chi connectivity index (χ2v) is 6.22. The molecule has 0 radical (unpaired) electrons. The second-order valence-electron chi connectivity index (χ2n) is 6.22. The van der Waals surface area contributed by atoms with Gasteiger partial charge in [-0.2, -0.15) is 0 Å². The third kappa shape index (κ3) is 14.1. The molecule has 0 aliphatic carbocycles. The highest BCUT2D eigenvalue weighted by Crippen LogP contribution is 2.17. The molecular weight excluding hydrogens is 216 g/mol. The SMILES string of the molecule is CCCCCCCCCCCC(C)CCCCC. The van der Waals surface area contributed by atoms with E-state index in [0.717, 1.165) is 5.92 Å². The Morgan fingerprint density at radius 1 is 0.500 bits per heavy atom. The summed E-state index contributed by atoms with van der Waals surface area (Å²) in [5, 5.41) is 0. The van der Waals surface area contributed by atoms with E-state index in [1.54, 1.807) is 0 Å². The van der Waals surface area contributed by atoms with E-state index in [1.165, 1.54) is 89.9 Å². The van der Waals surface area contributed by atoms with Gasteiger partial charge in [0.2, 0.25) is 0 Å². The molecule has 0 N–H and O–H groups in total. The van der Waals surface area contributed by atoms with Gasteiger partial charge in [0.1, 0.15) is 0 Å². The van der Waals surface area contributed by atoms with Gasteiger partial charge in [-0.3, -0.25) is 0 Å². The molecule has 0 nitrogen and oxygen atoms in total. The van der Waals surface area contributed by atoms with Gasteiger partial charge < -0.3 is 0 Å². The predicted octanol–water partition coefficient (Wildman–Crippen LogP) is 7.12. The van der Waals surface area contributed by atoms with Crippen molar-refractivity contribution in [1.29, 1.82) is 0 Å². The van der Waals surface area contributed by atoms with Crippen LogP contribution in [0.3, 0.4) is 0 Å². The quantitative estimate of drug-likeness (QED) is 0.289. The molecule has 0 rings (SSSR count). The van der Waals surface area contributed by atoms with Gasteiger partial charge >= 0.3 is 0 Å². The van der Waals surface area contributed by atoms with Gasteiger partial charge in [-0.25, -0.2) is 0 Å². The zero-order chi connectivity index (χ0) is 13.5. The first-order valence-corrected chi connectivity index (χ1v) is 8.81. The largest absolute Gasteiger partial charge is 0.0654 e. The van der Waals surface area contributed by atoms with Gasteiger partial charge in [0.25, 0.3) is 0 Å². The van der Waals surface area contributed by atoms with Crippen molar-refractivity contribution >= 4 is 0 Å². The fourth-order valence-corrected chi connectivity index (χ4v) is 2.69. The van der Waals surface area contributed by atoms with Gasteiger partial charge in [0.05, 0.1) is 0 Å². The Bertz CT molecular complexity index is 139. The fraction of sp³-hybridized carbons (Fsp3) is 1.00. The van der Waals surface area contributed by atoms with Crippen molar-refractivity contribution in [1.82, 2.24) is 0 Å². The van der Waals surface area contributed by atoms with Gasteiger partial charge in [-0.1, -0.05) is 111 Å². The van der Waals surface area contributed by atoms with Crippen molar-refractivity contribution < 1.29 is 0 Å². The number of rotatable bonds is 14. The summed E-state index contributed by atoms with van der Waals surface area (Å²) in [6.45, 7) is 7.03. The Morgan fingerprint density at radius 2 is 0.833 bits per heavy atom. The topological polar surface area (TPSA) is 0 Å². The minimum absolute atomic E-state index is 0.973. The van der Waals surface area contributed by atoms with Gasteiger partial charge in [0, 0.05) is 0 Å². The Labute approximate surface area is 117 Å². The van der Waals surface area contributed by atoms with E-state index in [-0.39, 0.29) is 0 Å². The fourth-order valence-electron chi connectivity index (χ4n) is 2.69. The molecule has 0 spiro atoms. The van der Waals surface area contributed by atoms with Crippen LogP contribution in [-0.2, 0) is 0 Å². The van der Waals surface area contributed by atoms with Crippen LogP contribution in [0.4, 0.5) is 0 Å². The third-order valence-corrected chi connectivity index (χ3v) is 4.10. The maximum Gasteiger partial charge on any atom is -0.0443 e. The van der Waals surface area contributed by atoms with Crippen LogP contribution in [0.25, 0.3) is 0 Å². The van der Waals surface area contributed by atoms with E-state index in [0.29, 0.717) is 0 Å². The highest BCUT2D eigenvalue weighted by molar-refractivity contribution is 4.55. The normalized spacial score (nSPS) is 12.8. The smallest absolute Gasteiger partial charge is 0.0443 e. The third-order valence-electron chi connectivity index (χ3n) is 4.10. The minimum Gasteiger partial charge on any atom is -0.0654 e. The predicted molar refractivity (Wildman–Crippen MR) is 85.2 cm³/mol. The van der Waals surface area contributed by atoms with E-state index in [1.807, 2.05) is 0 Å². The molecule has 0 aliphatic heterocycles. The molecule has 0 bridgehead atoms. The molecule has 0 aromatic heterocycles. The van der Waals surface area contributed by atoms with Crippen LogP contribution in [0, 0.1) is 5.92 Å². The number of unbranched alkanes of at least 4 members (excludes halogenated alkanes) is 10. The highest BCUT2D eigenvalue weighted by Gasteiger charge is 2.01. The zero-order valence-corrected chi connectivity index (χ0v) is 13.5. The molecule has 0 amide bonds. The van der Waals surface area contributed by atoms with Gasteiger partial charge in [-0.05, 0) is 5.92 Å². The van der Waals surface area contributed by atoms with Crippen LogP contribution in [0.5, 0.6) is 0 Å². The Hall–Kier alpha value is 0. The first-order chi connectivity index (χ1) is 8.81. The molecule has 1 unspecified atom stereocenters. The van der Waals surface area contributed by atoms with Crippen molar-refractivity contribution in [2.75, 3.05) is 0 Å². The van der Waals surface area contributed by atoms with Crippen molar-refractivity contribution in [3.05, 3.63) is 0 Å². The first-order valence-electron chi connectivity index (χ1n) is 8.81. The number of hydrogen-bond donors (Lipinski definition) is 0. The molecule has 0 saturated carbocycles. The Morgan fingerprint density at radius 3 is 1.33 bits per heavy atom. The summed E-state index contributed by atoms with van der Waals surface area (Å²) in [4.78, 5) is 0. The van der Waals surface area contributed by atoms with Crippen LogP contribution < -0.4 is 0 Å². The average Bonchev–Trinajstić information content (AvgIpc) is 2.37. The summed E-state index contributed by atoms with van der Waals surface area (Å²) in [5.41, 5.74) is 0. The second kappa shape index (κ2) is 15.1. The Kier molecular flexibility index (Phi) is 15.1. The minimum atomic E-state index is 0.973. The molecular formula is C18H38. The van der Waals surface area contributed by atoms with Crippen molar-refractivity contribution in [3.63, 3.8) is 0 Å². The van der Waals surface area contributed by atoms with E-state index in [9.17, 15) is 0 Å². The molecule has 1 atom stereocenters. The van der Waals surface area contributed by atoms with E-state index >= 15 is 0 Å². The molecule has 0 aromatic rings. The Balaban J connectivity index is 3.05. The average molecular weight is 255 g/mol. The maximum absolute atomic E-state index is 2.44. The molecule has 0 heterocycles. The molecule has 0 fully saturated rings. The lowest BCUT2D eigenvalue weighted by atomic mass is 9.96. The molecule has 0 heteroatoms. The summed E-state index contributed by atoms with van der Waals surface area (Å²) in [6.07, 6.45) is 20.3. The van der Waals surface area contributed by atoms with Crippen molar-refractivity contribution in [2.24, 2.45) is 5.92 Å². The van der Waals surface area contributed by atoms with Crippen LogP contribution in [0.1, 0.15) is 111 Å². The van der Waals surface area contributed by atoms with E-state index in [4.69, 9.17) is 0 Å². The van der Waals surface area contributed by atoms with Crippen molar-refractivity contribution in [3.8, 4) is 0 Å². The van der Waals surface area contributed by atoms with E-state index < -0.39 is 0 Å². The monoisotopic (exact) mass is 254 g/mol. The van der Waals surface area contributed by atoms with Gasteiger partial charge in [0.15, 0.2) is 0 Å². The lowest BCUT2D eigenvalue weighted by Gasteiger charge is -2.10. The highest BCUT2D eigenvalue weighted by atomic mass is 14.1. The molecule has 0 aliphatic rings. The molecule has 110 valence electrons. The first kappa shape index (κ1) is 18.0. The zero-order valence-electron chi connectivity index (χ0n) is 13.5. The summed E-state index contributed by atoms with van der Waals surface area (Å²) in [7, 11) is 0. The van der Waals surface area contributed by atoms with Crippen LogP contribution in [0.2, 0.25) is 0 Å². The van der Waals surface area contributed by atoms with Crippen molar-refractivity contribution in [2.45, 2.75) is 111 Å². The summed E-state index contributed by atoms with van der Waals surface area (Å²) in [6, 6.07) is 0. The lowest BCUT2D eigenvalue weighted by Crippen LogP contribution is -1.94. The summed E-state index contributed by atoms with van der Waals surface area (Å²) < 4.78 is 0. The molecule has 0 saturated heterocycles. The molecule has 0 aromatic carbocycles. The summed E-state index contributed by atoms with van der Waals surface area (Å²) in [5.74, 6) is 0.973. The molecule has 18 heavy (non-hydrogen) atoms. The van der Waals surface area contributed by atoms with E-state index in [2.05, 4.69) is 20.8 Å². The van der Waals surface area contributed by atoms with Crippen LogP contribution >= 0.6 is 0 Å². The maximum atomic E-state index is 2.44. The van der Waals surface area contributed by atoms with Crippen LogP contribution in [0.15, 0.2) is 0 Å². The summed E-state index contributed by atoms with van der Waals surface area (Å²) >= 11 is 0. The van der Waals surface area contributed by atoms with Crippen LogP contribution in [-0.4, -0.2) is 0 Å². The number of hydrogen-bond acceptors (Lipinski definition) is 0. The standard InChI is InChI=1S/C18H38/c1-4-6-8-9-10-11-12-13-15-17-18(3)16-14-7-5-2/h18H,4-17H2,1-3H3.